The average molecular weight is 322 g/mol. The fourth-order valence-electron chi connectivity index (χ4n) is 2.24. The minimum atomic E-state index is 0.567. The van der Waals surface area contributed by atoms with Gasteiger partial charge in [-0.05, 0) is 43.5 Å². The Balaban J connectivity index is 1.75. The lowest BCUT2D eigenvalue weighted by Crippen LogP contribution is -2.17. The van der Waals surface area contributed by atoms with Crippen molar-refractivity contribution >= 4 is 23.2 Å². The molecule has 1 N–H and O–H groups in total. The summed E-state index contributed by atoms with van der Waals surface area (Å²) in [6, 6.07) is 8.36. The molecular weight excluding hydrogens is 305 g/mol. The molecule has 1 fully saturated rings. The highest BCUT2D eigenvalue weighted by Crippen LogP contribution is 2.23. The van der Waals surface area contributed by atoms with Gasteiger partial charge in [0, 0.05) is 24.7 Å². The van der Waals surface area contributed by atoms with Crippen LogP contribution in [0.2, 0.25) is 10.0 Å². The Hall–Kier alpha value is -1.16. The summed E-state index contributed by atoms with van der Waals surface area (Å²) in [6.07, 6.45) is 3.22. The summed E-state index contributed by atoms with van der Waals surface area (Å²) in [4.78, 5) is 9.14. The van der Waals surface area contributed by atoms with Crippen molar-refractivity contribution in [3.8, 4) is 0 Å². The van der Waals surface area contributed by atoms with Crippen LogP contribution in [-0.2, 0) is 13.0 Å². The highest BCUT2D eigenvalue weighted by Gasteiger charge is 2.20. The molecule has 1 aromatic heterocycles. The molecule has 2 aromatic rings. The van der Waals surface area contributed by atoms with Crippen LogP contribution in [-0.4, -0.2) is 16.0 Å². The van der Waals surface area contributed by atoms with Gasteiger partial charge in [0.05, 0.1) is 15.7 Å². The molecule has 1 aliphatic rings. The molecule has 5 heteroatoms. The first kappa shape index (κ1) is 14.8. The van der Waals surface area contributed by atoms with Crippen LogP contribution < -0.4 is 5.32 Å². The fourth-order valence-corrected chi connectivity index (χ4v) is 2.56. The van der Waals surface area contributed by atoms with Crippen molar-refractivity contribution in [2.45, 2.75) is 38.8 Å². The zero-order valence-electron chi connectivity index (χ0n) is 11.9. The summed E-state index contributed by atoms with van der Waals surface area (Å²) in [5, 5.41) is 4.62. The zero-order chi connectivity index (χ0) is 14.8. The van der Waals surface area contributed by atoms with Crippen LogP contribution in [0.25, 0.3) is 0 Å². The van der Waals surface area contributed by atoms with Gasteiger partial charge in [-0.3, -0.25) is 0 Å². The predicted octanol–water partition coefficient (Wildman–Crippen LogP) is 3.93. The third kappa shape index (κ3) is 4.16. The fraction of sp³-hybridized carbons (Fsp3) is 0.375. The molecule has 110 valence electrons. The molecule has 0 aliphatic heterocycles. The number of nitrogens with zero attached hydrogens (tertiary/aromatic N) is 2. The topological polar surface area (TPSA) is 37.8 Å². The lowest BCUT2D eigenvalue weighted by molar-refractivity contribution is 0.667. The van der Waals surface area contributed by atoms with Crippen LogP contribution in [0.1, 0.15) is 35.6 Å². The summed E-state index contributed by atoms with van der Waals surface area (Å²) >= 11 is 12.0. The molecule has 0 bridgehead atoms. The van der Waals surface area contributed by atoms with Crippen LogP contribution >= 0.6 is 23.2 Å². The van der Waals surface area contributed by atoms with Crippen molar-refractivity contribution in [2.24, 2.45) is 0 Å². The quantitative estimate of drug-likeness (QED) is 0.906. The molecular formula is C16H17Cl2N3. The normalized spacial score (nSPS) is 14.4. The average Bonchev–Trinajstić information content (AvgIpc) is 3.24. The second-order valence-electron chi connectivity index (χ2n) is 5.50. The number of aryl methyl sites for hydroxylation is 1. The number of rotatable bonds is 5. The van der Waals surface area contributed by atoms with Crippen molar-refractivity contribution in [1.29, 1.82) is 0 Å². The summed E-state index contributed by atoms with van der Waals surface area (Å²) < 4.78 is 0. The number of nitrogens with one attached hydrogen (secondary N) is 1. The van der Waals surface area contributed by atoms with Crippen LogP contribution in [0.5, 0.6) is 0 Å². The molecule has 1 aliphatic carbocycles. The molecule has 0 radical (unpaired) electrons. The van der Waals surface area contributed by atoms with E-state index in [4.69, 9.17) is 23.2 Å². The molecule has 0 amide bonds. The van der Waals surface area contributed by atoms with Crippen LogP contribution in [0.4, 0.5) is 0 Å². The van der Waals surface area contributed by atoms with Gasteiger partial charge in [0.2, 0.25) is 0 Å². The van der Waals surface area contributed by atoms with Gasteiger partial charge in [0.25, 0.3) is 0 Å². The minimum Gasteiger partial charge on any atom is -0.308 e. The first-order valence-corrected chi connectivity index (χ1v) is 7.86. The van der Waals surface area contributed by atoms with Gasteiger partial charge >= 0.3 is 0 Å². The molecule has 0 atom stereocenters. The third-order valence-electron chi connectivity index (χ3n) is 3.45. The van der Waals surface area contributed by atoms with E-state index >= 15 is 0 Å². The number of hydrogen-bond acceptors (Lipinski definition) is 3. The molecule has 0 saturated heterocycles. The van der Waals surface area contributed by atoms with E-state index in [2.05, 4.69) is 15.3 Å². The summed E-state index contributed by atoms with van der Waals surface area (Å²) in [6.45, 7) is 2.81. The maximum atomic E-state index is 6.05. The number of hydrogen-bond donors (Lipinski definition) is 1. The lowest BCUT2D eigenvalue weighted by Gasteiger charge is -2.08. The first-order valence-electron chi connectivity index (χ1n) is 7.11. The van der Waals surface area contributed by atoms with Gasteiger partial charge in [-0.2, -0.15) is 0 Å². The molecule has 3 nitrogen and oxygen atoms in total. The van der Waals surface area contributed by atoms with Gasteiger partial charge in [0.1, 0.15) is 5.82 Å². The van der Waals surface area contributed by atoms with E-state index in [1.807, 2.05) is 31.2 Å². The summed E-state index contributed by atoms with van der Waals surface area (Å²) in [5.74, 6) is 0.820. The van der Waals surface area contributed by atoms with Crippen LogP contribution in [0.15, 0.2) is 24.3 Å². The largest absolute Gasteiger partial charge is 0.308 e. The van der Waals surface area contributed by atoms with Crippen molar-refractivity contribution in [3.05, 3.63) is 57.1 Å². The van der Waals surface area contributed by atoms with Crippen molar-refractivity contribution in [2.75, 3.05) is 0 Å². The Kier molecular flexibility index (Phi) is 4.43. The molecule has 1 aromatic carbocycles. The molecule has 1 saturated carbocycles. The van der Waals surface area contributed by atoms with Gasteiger partial charge in [-0.1, -0.05) is 29.3 Å². The zero-order valence-corrected chi connectivity index (χ0v) is 13.4. The van der Waals surface area contributed by atoms with E-state index in [-0.39, 0.29) is 0 Å². The van der Waals surface area contributed by atoms with E-state index in [9.17, 15) is 0 Å². The van der Waals surface area contributed by atoms with Gasteiger partial charge < -0.3 is 5.32 Å². The monoisotopic (exact) mass is 321 g/mol. The van der Waals surface area contributed by atoms with E-state index in [1.54, 1.807) is 0 Å². The molecule has 0 spiro atoms. The number of aromatic nitrogens is 2. The first-order chi connectivity index (χ1) is 10.1. The highest BCUT2D eigenvalue weighted by atomic mass is 35.5. The second-order valence-corrected chi connectivity index (χ2v) is 6.31. The molecule has 21 heavy (non-hydrogen) atoms. The Bertz CT molecular complexity index is 654. The van der Waals surface area contributed by atoms with E-state index in [0.717, 1.165) is 29.3 Å². The minimum absolute atomic E-state index is 0.567. The van der Waals surface area contributed by atoms with Crippen LogP contribution in [0.3, 0.4) is 0 Å². The second kappa shape index (κ2) is 6.30. The van der Waals surface area contributed by atoms with E-state index < -0.39 is 0 Å². The maximum Gasteiger partial charge on any atom is 0.133 e. The molecule has 1 heterocycles. The smallest absolute Gasteiger partial charge is 0.133 e. The standard InChI is InChI=1S/C16H17Cl2N3/c1-10-6-13(9-19-12-3-4-12)21-16(20-10)8-11-2-5-14(17)15(18)7-11/h2,5-7,12,19H,3-4,8-9H2,1H3. The predicted molar refractivity (Wildman–Crippen MR) is 85.9 cm³/mol. The Morgan fingerprint density at radius 2 is 1.95 bits per heavy atom. The Morgan fingerprint density at radius 1 is 1.14 bits per heavy atom. The Labute approximate surface area is 134 Å². The van der Waals surface area contributed by atoms with Crippen molar-refractivity contribution < 1.29 is 0 Å². The van der Waals surface area contributed by atoms with Crippen molar-refractivity contribution in [3.63, 3.8) is 0 Å². The van der Waals surface area contributed by atoms with E-state index in [0.29, 0.717) is 22.5 Å². The Morgan fingerprint density at radius 3 is 2.67 bits per heavy atom. The molecule has 0 unspecified atom stereocenters. The van der Waals surface area contributed by atoms with Gasteiger partial charge in [-0.15, -0.1) is 0 Å². The van der Waals surface area contributed by atoms with Gasteiger partial charge in [-0.25, -0.2) is 9.97 Å². The number of halogens is 2. The number of benzene rings is 1. The highest BCUT2D eigenvalue weighted by molar-refractivity contribution is 6.42. The van der Waals surface area contributed by atoms with Crippen molar-refractivity contribution in [1.82, 2.24) is 15.3 Å². The lowest BCUT2D eigenvalue weighted by atomic mass is 10.1. The maximum absolute atomic E-state index is 6.05. The van der Waals surface area contributed by atoms with Crippen LogP contribution in [0, 0.1) is 6.92 Å². The van der Waals surface area contributed by atoms with Gasteiger partial charge in [0.15, 0.2) is 0 Å². The summed E-state index contributed by atoms with van der Waals surface area (Å²) in [5.41, 5.74) is 3.10. The SMILES string of the molecule is Cc1cc(CNC2CC2)nc(Cc2ccc(Cl)c(Cl)c2)n1. The van der Waals surface area contributed by atoms with E-state index in [1.165, 1.54) is 12.8 Å². The summed E-state index contributed by atoms with van der Waals surface area (Å²) in [7, 11) is 0. The third-order valence-corrected chi connectivity index (χ3v) is 4.19. The molecule has 3 rings (SSSR count).